The summed E-state index contributed by atoms with van der Waals surface area (Å²) in [5.74, 6) is 3.34. The molecule has 0 aromatic rings. The van der Waals surface area contributed by atoms with Crippen LogP contribution >= 0.6 is 0 Å². The highest BCUT2D eigenvalue weighted by molar-refractivity contribution is 6.38. The Morgan fingerprint density at radius 2 is 2.60 bits per heavy atom. The van der Waals surface area contributed by atoms with E-state index in [0.717, 1.165) is 11.1 Å². The lowest BCUT2D eigenvalue weighted by molar-refractivity contribution is 1.47. The summed E-state index contributed by atoms with van der Waals surface area (Å²) in [4.78, 5) is 11.6. The molecule has 0 bridgehead atoms. The summed E-state index contributed by atoms with van der Waals surface area (Å²) >= 11 is -0.480. The second kappa shape index (κ2) is 4.15. The first-order chi connectivity index (χ1) is 4.93. The molecule has 2 N–H and O–H groups in total. The van der Waals surface area contributed by atoms with Gasteiger partial charge in [-0.15, -0.1) is 0 Å². The van der Waals surface area contributed by atoms with Crippen LogP contribution in [0.15, 0.2) is 21.2 Å². The average Bonchev–Trinajstić information content (AvgIpc) is 2.17. The highest BCUT2D eigenvalue weighted by atomic mass is 27.1. The molecule has 5 heteroatoms. The van der Waals surface area contributed by atoms with E-state index >= 15 is 0 Å². The molecule has 0 saturated carbocycles. The Labute approximate surface area is 65.2 Å². The van der Waals surface area contributed by atoms with Crippen LogP contribution in [-0.2, 0) is 0 Å². The molecule has 1 rings (SSSR count). The summed E-state index contributed by atoms with van der Waals surface area (Å²) in [6.07, 6.45) is 2.94. The van der Waals surface area contributed by atoms with E-state index in [4.69, 9.17) is 4.72 Å². The maximum atomic E-state index is 5.43. The van der Waals surface area contributed by atoms with E-state index in [1.165, 1.54) is 12.5 Å². The van der Waals surface area contributed by atoms with Crippen molar-refractivity contribution in [1.29, 1.82) is 0 Å². The van der Waals surface area contributed by atoms with Gasteiger partial charge in [-0.1, -0.05) is 0 Å². The molecule has 0 spiro atoms. The number of hydrogen-bond donors (Lipinski definition) is 1. The Bertz CT molecular complexity index is 224. The first-order valence-corrected chi connectivity index (χ1v) is 4.81. The van der Waals surface area contributed by atoms with Crippen molar-refractivity contribution in [3.63, 3.8) is 0 Å². The fourth-order valence-corrected chi connectivity index (χ4v) is 1.07. The number of amidine groups is 1. The SMILES string of the molecule is [NH2][AlH][CH2]C1=NC=C=NC=N1. The van der Waals surface area contributed by atoms with Crippen molar-refractivity contribution in [2.45, 2.75) is 5.28 Å². The third-order valence-corrected chi connectivity index (χ3v) is 1.71. The Balaban J connectivity index is 2.62. The molecule has 10 heavy (non-hydrogen) atoms. The van der Waals surface area contributed by atoms with Gasteiger partial charge in [0.25, 0.3) is 0 Å². The van der Waals surface area contributed by atoms with E-state index in [9.17, 15) is 0 Å². The van der Waals surface area contributed by atoms with Gasteiger partial charge in [0.15, 0.2) is 0 Å². The molecule has 4 nitrogen and oxygen atoms in total. The average molecular weight is 150 g/mol. The Morgan fingerprint density at radius 1 is 1.70 bits per heavy atom. The lowest BCUT2D eigenvalue weighted by atomic mass is 10.7. The van der Waals surface area contributed by atoms with Crippen molar-refractivity contribution in [3.8, 4) is 0 Å². The van der Waals surface area contributed by atoms with Crippen LogP contribution in [0.4, 0.5) is 0 Å². The fourth-order valence-electron chi connectivity index (χ4n) is 0.557. The number of rotatable bonds is 2. The third-order valence-electron chi connectivity index (χ3n) is 0.978. The summed E-state index contributed by atoms with van der Waals surface area (Å²) in [7, 11) is 0. The first kappa shape index (κ1) is 7.39. The van der Waals surface area contributed by atoms with Gasteiger partial charge in [0, 0.05) is 5.87 Å². The van der Waals surface area contributed by atoms with Crippen LogP contribution in [0.25, 0.3) is 0 Å². The smallest absolute Gasteiger partial charge is 0.349 e. The fraction of sp³-hybridized carbons (Fsp3) is 0.200. The molecule has 0 saturated heterocycles. The van der Waals surface area contributed by atoms with Crippen LogP contribution in [0.1, 0.15) is 0 Å². The summed E-state index contributed by atoms with van der Waals surface area (Å²) in [6, 6.07) is 0. The lowest BCUT2D eigenvalue weighted by Crippen LogP contribution is -2.08. The molecule has 0 aromatic carbocycles. The van der Waals surface area contributed by atoms with Gasteiger partial charge < -0.3 is 4.72 Å². The van der Waals surface area contributed by atoms with Crippen molar-refractivity contribution in [3.05, 3.63) is 6.20 Å². The van der Waals surface area contributed by atoms with Gasteiger partial charge in [-0.3, -0.25) is 0 Å². The molecule has 0 amide bonds. The molecule has 1 heterocycles. The monoisotopic (exact) mass is 150 g/mol. The topological polar surface area (TPSA) is 63.1 Å². The molecule has 0 aliphatic carbocycles. The zero-order valence-electron chi connectivity index (χ0n) is 5.49. The van der Waals surface area contributed by atoms with Crippen LogP contribution in [0.3, 0.4) is 0 Å². The van der Waals surface area contributed by atoms with Gasteiger partial charge in [0.05, 0.1) is 6.20 Å². The lowest BCUT2D eigenvalue weighted by Gasteiger charge is -1.89. The van der Waals surface area contributed by atoms with E-state index in [1.807, 2.05) is 0 Å². The van der Waals surface area contributed by atoms with Crippen LogP contribution in [0.2, 0.25) is 5.28 Å². The summed E-state index contributed by atoms with van der Waals surface area (Å²) in [6.45, 7) is 0. The minimum Gasteiger partial charge on any atom is -0.415 e. The van der Waals surface area contributed by atoms with Crippen molar-refractivity contribution >= 4 is 33.5 Å². The van der Waals surface area contributed by atoms with E-state index < -0.39 is 15.4 Å². The molecule has 0 aromatic heterocycles. The summed E-state index contributed by atoms with van der Waals surface area (Å²) < 4.78 is 5.43. The standard InChI is InChI=1S/C5H4N3.Al.H2N.H/c1-5-7-3-2-6-4-8-5;;;/h3-4H,1H2;;1H2;/q;+1;-1;. The van der Waals surface area contributed by atoms with Crippen LogP contribution in [-0.4, -0.2) is 33.5 Å². The Hall–Kier alpha value is -0.718. The zero-order chi connectivity index (χ0) is 7.23. The number of nitrogens with two attached hydrogens (primary N) is 1. The van der Waals surface area contributed by atoms with Crippen molar-refractivity contribution in [2.75, 3.05) is 0 Å². The highest BCUT2D eigenvalue weighted by Gasteiger charge is 1.95. The zero-order valence-corrected chi connectivity index (χ0v) is 6.90. The van der Waals surface area contributed by atoms with Crippen molar-refractivity contribution in [2.24, 2.45) is 19.7 Å². The Morgan fingerprint density at radius 3 is 3.40 bits per heavy atom. The van der Waals surface area contributed by atoms with E-state index in [-0.39, 0.29) is 0 Å². The van der Waals surface area contributed by atoms with Gasteiger partial charge in [-0.2, -0.15) is 4.99 Å². The molecular formula is C5H7AlN4. The predicted molar refractivity (Wildman–Crippen MR) is 44.1 cm³/mol. The molecule has 50 valence electrons. The molecule has 0 radical (unpaired) electrons. The van der Waals surface area contributed by atoms with E-state index in [1.54, 1.807) is 0 Å². The Kier molecular flexibility index (Phi) is 3.07. The quantitative estimate of drug-likeness (QED) is 0.522. The van der Waals surface area contributed by atoms with E-state index in [0.29, 0.717) is 0 Å². The van der Waals surface area contributed by atoms with Crippen molar-refractivity contribution < 1.29 is 0 Å². The predicted octanol–water partition coefficient (Wildman–Crippen LogP) is -0.661. The maximum absolute atomic E-state index is 5.43. The van der Waals surface area contributed by atoms with E-state index in [2.05, 4.69) is 20.8 Å². The van der Waals surface area contributed by atoms with Gasteiger partial charge in [0.2, 0.25) is 0 Å². The number of nitrogens with zero attached hydrogens (tertiary/aromatic N) is 3. The van der Waals surface area contributed by atoms with Crippen LogP contribution in [0.5, 0.6) is 0 Å². The van der Waals surface area contributed by atoms with Crippen LogP contribution < -0.4 is 4.72 Å². The minimum atomic E-state index is -0.480. The summed E-state index contributed by atoms with van der Waals surface area (Å²) in [5.41, 5.74) is 0. The molecule has 1 aliphatic heterocycles. The minimum absolute atomic E-state index is 0.480. The highest BCUT2D eigenvalue weighted by Crippen LogP contribution is 1.89. The molecule has 0 fully saturated rings. The second-order valence-corrected chi connectivity index (χ2v) is 2.79. The third kappa shape index (κ3) is 2.26. The van der Waals surface area contributed by atoms with Gasteiger partial charge in [-0.05, 0) is 5.28 Å². The molecule has 0 atom stereocenters. The molecule has 1 aliphatic rings. The number of aliphatic imine (C=N–C) groups is 3. The van der Waals surface area contributed by atoms with Crippen LogP contribution in [0, 0.1) is 0 Å². The van der Waals surface area contributed by atoms with Gasteiger partial charge in [-0.25, -0.2) is 9.98 Å². The maximum Gasteiger partial charge on any atom is 0.349 e. The molecular weight excluding hydrogens is 143 g/mol. The normalized spacial score (nSPS) is 14.7. The van der Waals surface area contributed by atoms with Gasteiger partial charge in [0.1, 0.15) is 12.2 Å². The number of hydrogen-bond acceptors (Lipinski definition) is 4. The summed E-state index contributed by atoms with van der Waals surface area (Å²) in [5, 5.41) is 0.824. The second-order valence-electron chi connectivity index (χ2n) is 1.72. The van der Waals surface area contributed by atoms with Crippen molar-refractivity contribution in [1.82, 2.24) is 0 Å². The first-order valence-electron chi connectivity index (χ1n) is 3.00. The largest absolute Gasteiger partial charge is 0.415 e. The van der Waals surface area contributed by atoms with Gasteiger partial charge >= 0.3 is 15.4 Å². The molecule has 0 unspecified atom stereocenters.